The van der Waals surface area contributed by atoms with Crippen molar-refractivity contribution in [3.05, 3.63) is 65.2 Å². The summed E-state index contributed by atoms with van der Waals surface area (Å²) in [6, 6.07) is 14.9. The number of carboxylic acids is 1. The fourth-order valence-electron chi connectivity index (χ4n) is 3.09. The van der Waals surface area contributed by atoms with E-state index in [2.05, 4.69) is 17.4 Å². The number of hydrogen-bond acceptors (Lipinski definition) is 7. The minimum absolute atomic E-state index is 0.0464. The number of carbonyl (C=O) groups is 1. The van der Waals surface area contributed by atoms with Crippen molar-refractivity contribution in [3.63, 3.8) is 0 Å². The molecular formula is C26H39NO7. The minimum atomic E-state index is -0.833. The van der Waals surface area contributed by atoms with Gasteiger partial charge in [-0.15, -0.1) is 0 Å². The Morgan fingerprint density at radius 2 is 1.65 bits per heavy atom. The number of aromatic hydroxyl groups is 1. The Kier molecular flexibility index (Phi) is 16.4. The van der Waals surface area contributed by atoms with Gasteiger partial charge in [-0.25, -0.2) is 0 Å². The first-order chi connectivity index (χ1) is 16.4. The molecule has 34 heavy (non-hydrogen) atoms. The number of unbranched alkanes of at least 4 members (excludes halogenated alkanes) is 3. The van der Waals surface area contributed by atoms with Crippen molar-refractivity contribution in [2.45, 2.75) is 51.9 Å². The fourth-order valence-corrected chi connectivity index (χ4v) is 3.09. The van der Waals surface area contributed by atoms with E-state index in [1.165, 1.54) is 11.6 Å². The zero-order valence-corrected chi connectivity index (χ0v) is 20.0. The highest BCUT2D eigenvalue weighted by atomic mass is 16.5. The van der Waals surface area contributed by atoms with Gasteiger partial charge < -0.3 is 35.2 Å². The van der Waals surface area contributed by atoms with Gasteiger partial charge in [-0.05, 0) is 42.6 Å². The molecule has 2 aromatic carbocycles. The lowest BCUT2D eigenvalue weighted by atomic mass is 10.1. The van der Waals surface area contributed by atoms with Crippen LogP contribution in [-0.2, 0) is 27.5 Å². The number of hydrogen-bond donors (Lipinski definition) is 5. The number of benzene rings is 2. The highest BCUT2D eigenvalue weighted by Gasteiger charge is 2.09. The SMILES string of the molecule is CC(=O)O.OCc1cc([C@@H](O)CNCCCCCCOCCOCc2ccccc2)ccc1O. The van der Waals surface area contributed by atoms with Crippen LogP contribution in [0.5, 0.6) is 5.75 Å². The molecule has 1 atom stereocenters. The summed E-state index contributed by atoms with van der Waals surface area (Å²) in [4.78, 5) is 9.00. The fraction of sp³-hybridized carbons (Fsp3) is 0.500. The van der Waals surface area contributed by atoms with E-state index in [-0.39, 0.29) is 12.4 Å². The number of carboxylic acid groups (broad SMARTS) is 1. The van der Waals surface area contributed by atoms with Crippen LogP contribution in [-0.4, -0.2) is 59.3 Å². The molecule has 0 heterocycles. The summed E-state index contributed by atoms with van der Waals surface area (Å²) in [5.74, 6) is -0.787. The van der Waals surface area contributed by atoms with Crippen LogP contribution in [0.15, 0.2) is 48.5 Å². The van der Waals surface area contributed by atoms with E-state index in [0.717, 1.165) is 45.8 Å². The summed E-state index contributed by atoms with van der Waals surface area (Å²) < 4.78 is 11.2. The molecule has 5 N–H and O–H groups in total. The van der Waals surface area contributed by atoms with Gasteiger partial charge in [-0.1, -0.05) is 49.2 Å². The minimum Gasteiger partial charge on any atom is -0.508 e. The van der Waals surface area contributed by atoms with Crippen LogP contribution in [0.2, 0.25) is 0 Å². The van der Waals surface area contributed by atoms with Gasteiger partial charge in [-0.2, -0.15) is 0 Å². The summed E-state index contributed by atoms with van der Waals surface area (Å²) >= 11 is 0. The van der Waals surface area contributed by atoms with E-state index in [1.807, 2.05) is 18.2 Å². The number of rotatable bonds is 16. The Hall–Kier alpha value is -2.49. The molecule has 0 aliphatic heterocycles. The van der Waals surface area contributed by atoms with Gasteiger partial charge in [0.2, 0.25) is 0 Å². The van der Waals surface area contributed by atoms with Crippen LogP contribution in [0.4, 0.5) is 0 Å². The molecule has 0 aliphatic carbocycles. The molecule has 0 aliphatic rings. The Morgan fingerprint density at radius 3 is 2.35 bits per heavy atom. The van der Waals surface area contributed by atoms with Crippen molar-refractivity contribution in [1.29, 1.82) is 0 Å². The van der Waals surface area contributed by atoms with Crippen molar-refractivity contribution in [1.82, 2.24) is 5.32 Å². The van der Waals surface area contributed by atoms with Crippen LogP contribution in [0.25, 0.3) is 0 Å². The second kappa shape index (κ2) is 18.9. The lowest BCUT2D eigenvalue weighted by molar-refractivity contribution is -0.134. The predicted molar refractivity (Wildman–Crippen MR) is 131 cm³/mol. The number of ether oxygens (including phenoxy) is 2. The summed E-state index contributed by atoms with van der Waals surface area (Å²) in [6.07, 6.45) is 3.66. The smallest absolute Gasteiger partial charge is 0.300 e. The molecule has 0 radical (unpaired) electrons. The van der Waals surface area contributed by atoms with Crippen molar-refractivity contribution in [3.8, 4) is 5.75 Å². The molecular weight excluding hydrogens is 438 g/mol. The van der Waals surface area contributed by atoms with Gasteiger partial charge in [0.25, 0.3) is 5.97 Å². The third-order valence-corrected chi connectivity index (χ3v) is 4.87. The van der Waals surface area contributed by atoms with Gasteiger partial charge in [0, 0.05) is 25.6 Å². The molecule has 0 saturated heterocycles. The van der Waals surface area contributed by atoms with Gasteiger partial charge in [0.05, 0.1) is 32.5 Å². The zero-order valence-electron chi connectivity index (χ0n) is 20.0. The number of aliphatic hydroxyl groups excluding tert-OH is 2. The first kappa shape index (κ1) is 29.5. The van der Waals surface area contributed by atoms with Crippen molar-refractivity contribution in [2.24, 2.45) is 0 Å². The van der Waals surface area contributed by atoms with E-state index in [9.17, 15) is 15.3 Å². The molecule has 2 aromatic rings. The second-order valence-corrected chi connectivity index (χ2v) is 7.85. The Balaban J connectivity index is 0.00000133. The van der Waals surface area contributed by atoms with Crippen LogP contribution in [0.1, 0.15) is 55.4 Å². The van der Waals surface area contributed by atoms with Gasteiger partial charge in [-0.3, -0.25) is 4.79 Å². The summed E-state index contributed by atoms with van der Waals surface area (Å²) in [5.41, 5.74) is 2.29. The van der Waals surface area contributed by atoms with Crippen molar-refractivity contribution < 1.29 is 34.7 Å². The summed E-state index contributed by atoms with van der Waals surface area (Å²) in [7, 11) is 0. The zero-order chi connectivity index (χ0) is 25.0. The lowest BCUT2D eigenvalue weighted by Gasteiger charge is -2.14. The number of phenols is 1. The van der Waals surface area contributed by atoms with E-state index in [0.29, 0.717) is 37.5 Å². The first-order valence-corrected chi connectivity index (χ1v) is 11.6. The third kappa shape index (κ3) is 14.6. The first-order valence-electron chi connectivity index (χ1n) is 11.6. The van der Waals surface area contributed by atoms with E-state index in [1.54, 1.807) is 12.1 Å². The molecule has 0 saturated carbocycles. The molecule has 8 nitrogen and oxygen atoms in total. The molecule has 8 heteroatoms. The normalized spacial score (nSPS) is 11.5. The molecule has 2 rings (SSSR count). The number of nitrogens with one attached hydrogen (secondary N) is 1. The number of aliphatic hydroxyl groups is 2. The monoisotopic (exact) mass is 477 g/mol. The Labute approximate surface area is 202 Å². The average Bonchev–Trinajstić information content (AvgIpc) is 2.82. The largest absolute Gasteiger partial charge is 0.508 e. The Bertz CT molecular complexity index is 782. The average molecular weight is 478 g/mol. The van der Waals surface area contributed by atoms with E-state index >= 15 is 0 Å². The second-order valence-electron chi connectivity index (χ2n) is 7.85. The molecule has 0 spiro atoms. The van der Waals surface area contributed by atoms with Crippen LogP contribution < -0.4 is 5.32 Å². The topological polar surface area (TPSA) is 128 Å². The Morgan fingerprint density at radius 1 is 0.971 bits per heavy atom. The molecule has 0 amide bonds. The maximum absolute atomic E-state index is 10.2. The molecule has 0 bridgehead atoms. The molecule has 0 unspecified atom stereocenters. The molecule has 0 fully saturated rings. The number of aliphatic carboxylic acids is 1. The quantitative estimate of drug-likeness (QED) is 0.233. The van der Waals surface area contributed by atoms with Crippen LogP contribution in [0.3, 0.4) is 0 Å². The highest BCUT2D eigenvalue weighted by molar-refractivity contribution is 5.62. The van der Waals surface area contributed by atoms with Crippen LogP contribution >= 0.6 is 0 Å². The van der Waals surface area contributed by atoms with Gasteiger partial charge >= 0.3 is 0 Å². The van der Waals surface area contributed by atoms with Crippen molar-refractivity contribution >= 4 is 5.97 Å². The maximum Gasteiger partial charge on any atom is 0.300 e. The highest BCUT2D eigenvalue weighted by Crippen LogP contribution is 2.22. The summed E-state index contributed by atoms with van der Waals surface area (Å²) in [5, 5.41) is 39.6. The maximum atomic E-state index is 10.2. The van der Waals surface area contributed by atoms with Crippen molar-refractivity contribution in [2.75, 3.05) is 32.9 Å². The third-order valence-electron chi connectivity index (χ3n) is 4.87. The molecule has 190 valence electrons. The lowest BCUT2D eigenvalue weighted by Crippen LogP contribution is -2.22. The van der Waals surface area contributed by atoms with E-state index < -0.39 is 12.1 Å². The van der Waals surface area contributed by atoms with Gasteiger partial charge in [0.1, 0.15) is 5.75 Å². The summed E-state index contributed by atoms with van der Waals surface area (Å²) in [6.45, 7) is 4.75. The standard InChI is InChI=1S/C24H35NO5.C2H4O2/c26-18-22-16-21(10-11-23(22)27)24(28)17-25-12-6-1-2-7-13-29-14-15-30-19-20-8-4-3-5-9-20;1-2(3)4/h3-5,8-11,16,24-28H,1-2,6-7,12-15,17-19H2;1H3,(H,3,4)/t24-;/m0./s1. The van der Waals surface area contributed by atoms with Gasteiger partial charge in [0.15, 0.2) is 0 Å². The molecule has 0 aromatic heterocycles. The van der Waals surface area contributed by atoms with E-state index in [4.69, 9.17) is 19.4 Å². The predicted octanol–water partition coefficient (Wildman–Crippen LogP) is 3.39. The van der Waals surface area contributed by atoms with Crippen LogP contribution in [0, 0.1) is 0 Å².